The van der Waals surface area contributed by atoms with Crippen molar-refractivity contribution in [1.82, 2.24) is 0 Å². The van der Waals surface area contributed by atoms with Crippen molar-refractivity contribution in [3.8, 4) is 0 Å². The molecule has 12 heteroatoms. The van der Waals surface area contributed by atoms with Crippen LogP contribution >= 0.6 is 0 Å². The number of nitrogen functional groups attached to an aromatic ring is 2. The van der Waals surface area contributed by atoms with E-state index in [-0.39, 0.29) is 19.3 Å². The van der Waals surface area contributed by atoms with Gasteiger partial charge in [-0.25, -0.2) is 39.5 Å². The normalized spacial score (nSPS) is 35.2. The van der Waals surface area contributed by atoms with E-state index >= 15 is 26.3 Å². The van der Waals surface area contributed by atoms with Crippen molar-refractivity contribution in [2.45, 2.75) is 49.1 Å². The van der Waals surface area contributed by atoms with Crippen LogP contribution < -0.4 is 17.2 Å². The van der Waals surface area contributed by atoms with Gasteiger partial charge < -0.3 is 17.2 Å². The lowest BCUT2D eigenvalue weighted by molar-refractivity contribution is 0.0308. The largest absolute Gasteiger partial charge is 0.394 e. The number of anilines is 2. The summed E-state index contributed by atoms with van der Waals surface area (Å²) < 4.78 is 136. The third-order valence-electron chi connectivity index (χ3n) is 9.63. The highest BCUT2D eigenvalue weighted by Gasteiger charge is 2.77. The first-order chi connectivity index (χ1) is 18.2. The van der Waals surface area contributed by atoms with E-state index in [9.17, 15) is 13.2 Å². The third-order valence-corrected chi connectivity index (χ3v) is 9.63. The van der Waals surface area contributed by atoms with Crippen molar-refractivity contribution in [1.29, 1.82) is 0 Å². The van der Waals surface area contributed by atoms with Crippen LogP contribution in [0.4, 0.5) is 50.9 Å². The molecule has 0 aromatic heterocycles. The van der Waals surface area contributed by atoms with Crippen LogP contribution in [0, 0.1) is 52.2 Å². The molecule has 4 bridgehead atoms. The molecule has 6 N–H and O–H groups in total. The summed E-state index contributed by atoms with van der Waals surface area (Å²) in [7, 11) is 0. The van der Waals surface area contributed by atoms with Gasteiger partial charge in [0.05, 0.1) is 11.6 Å². The fourth-order valence-electron chi connectivity index (χ4n) is 8.71. The second-order valence-electron chi connectivity index (χ2n) is 11.4. The predicted octanol–water partition coefficient (Wildman–Crippen LogP) is 6.42. The Hall–Kier alpha value is -3.31. The first-order valence-electron chi connectivity index (χ1n) is 12.2. The summed E-state index contributed by atoms with van der Waals surface area (Å²) in [5.74, 6) is -13.6. The molecule has 3 nitrogen and oxygen atoms in total. The molecule has 4 atom stereocenters. The van der Waals surface area contributed by atoms with Crippen LogP contribution in [-0.4, -0.2) is 6.17 Å². The quantitative estimate of drug-likeness (QED) is 0.300. The van der Waals surface area contributed by atoms with Crippen molar-refractivity contribution >= 4 is 11.4 Å². The Balaban J connectivity index is 1.68. The molecular formula is C27H22F9N3. The van der Waals surface area contributed by atoms with Gasteiger partial charge in [-0.2, -0.15) is 0 Å². The van der Waals surface area contributed by atoms with Crippen LogP contribution in [0.25, 0.3) is 0 Å². The predicted molar refractivity (Wildman–Crippen MR) is 124 cm³/mol. The molecule has 0 radical (unpaired) electrons. The van der Waals surface area contributed by atoms with Crippen molar-refractivity contribution in [2.75, 3.05) is 11.5 Å². The molecule has 0 aliphatic heterocycles. The molecule has 208 valence electrons. The van der Waals surface area contributed by atoms with Crippen LogP contribution in [0.5, 0.6) is 0 Å². The minimum atomic E-state index is -2.26. The molecule has 0 amide bonds. The first kappa shape index (κ1) is 25.9. The summed E-state index contributed by atoms with van der Waals surface area (Å²) in [5.41, 5.74) is 6.72. The van der Waals surface area contributed by atoms with Crippen LogP contribution in [0.3, 0.4) is 0 Å². The molecule has 0 heterocycles. The highest BCUT2D eigenvalue weighted by molar-refractivity contribution is 5.58. The highest BCUT2D eigenvalue weighted by atomic mass is 19.2. The molecule has 4 fully saturated rings. The maximum Gasteiger partial charge on any atom is 0.155 e. The summed E-state index contributed by atoms with van der Waals surface area (Å²) in [5, 5.41) is 0. The van der Waals surface area contributed by atoms with E-state index in [1.807, 2.05) is 0 Å². The summed E-state index contributed by atoms with van der Waals surface area (Å²) in [6.45, 7) is 0. The SMILES string of the molecule is NC1=C(F)C(C23CC4CC(c5c(F)cc(F)c(N)c5F)(C2)C(c2c(F)cc(F)c(N)c2F)(C4)C3)C(F)C=C1F. The van der Waals surface area contributed by atoms with Crippen molar-refractivity contribution in [3.05, 3.63) is 81.6 Å². The average Bonchev–Trinajstić information content (AvgIpc) is 3.17. The van der Waals surface area contributed by atoms with Gasteiger partial charge in [0.25, 0.3) is 0 Å². The van der Waals surface area contributed by atoms with Gasteiger partial charge in [-0.15, -0.1) is 0 Å². The van der Waals surface area contributed by atoms with Gasteiger partial charge in [-0.3, -0.25) is 0 Å². The van der Waals surface area contributed by atoms with Crippen molar-refractivity contribution < 1.29 is 39.5 Å². The molecule has 4 unspecified atom stereocenters. The molecule has 5 aliphatic carbocycles. The van der Waals surface area contributed by atoms with Gasteiger partial charge in [0, 0.05) is 34.1 Å². The number of halogens is 9. The van der Waals surface area contributed by atoms with E-state index in [4.69, 9.17) is 17.2 Å². The van der Waals surface area contributed by atoms with Gasteiger partial charge >= 0.3 is 0 Å². The minimum absolute atomic E-state index is 0.0670. The molecule has 4 saturated carbocycles. The van der Waals surface area contributed by atoms with Crippen molar-refractivity contribution in [3.63, 3.8) is 0 Å². The summed E-state index contributed by atoms with van der Waals surface area (Å²) >= 11 is 0. The van der Waals surface area contributed by atoms with Crippen LogP contribution in [0.1, 0.15) is 43.2 Å². The van der Waals surface area contributed by atoms with Gasteiger partial charge in [0.15, 0.2) is 23.3 Å². The van der Waals surface area contributed by atoms with Gasteiger partial charge in [0.1, 0.15) is 40.8 Å². The Morgan fingerprint density at radius 1 is 0.667 bits per heavy atom. The summed E-state index contributed by atoms with van der Waals surface area (Å²) in [4.78, 5) is 0. The van der Waals surface area contributed by atoms with E-state index < -0.39 is 122 Å². The van der Waals surface area contributed by atoms with Gasteiger partial charge in [0.2, 0.25) is 0 Å². The fraction of sp³-hybridized carbons (Fsp3) is 0.407. The van der Waals surface area contributed by atoms with Crippen LogP contribution in [0.15, 0.2) is 35.6 Å². The maximum atomic E-state index is 15.7. The number of allylic oxidation sites excluding steroid dienone is 3. The minimum Gasteiger partial charge on any atom is -0.394 e. The van der Waals surface area contributed by atoms with E-state index in [1.165, 1.54) is 0 Å². The fourth-order valence-corrected chi connectivity index (χ4v) is 8.71. The van der Waals surface area contributed by atoms with E-state index in [1.54, 1.807) is 0 Å². The molecule has 0 spiro atoms. The zero-order chi connectivity index (χ0) is 28.4. The molecule has 0 saturated heterocycles. The number of alkyl halides is 1. The molecule has 7 rings (SSSR count). The molecular weight excluding hydrogens is 537 g/mol. The lowest BCUT2D eigenvalue weighted by Gasteiger charge is -2.47. The zero-order valence-electron chi connectivity index (χ0n) is 20.1. The highest BCUT2D eigenvalue weighted by Crippen LogP contribution is 2.80. The van der Waals surface area contributed by atoms with E-state index in [0.717, 1.165) is 0 Å². The lowest BCUT2D eigenvalue weighted by Crippen LogP contribution is -2.43. The van der Waals surface area contributed by atoms with Crippen LogP contribution in [0.2, 0.25) is 0 Å². The topological polar surface area (TPSA) is 78.1 Å². The smallest absolute Gasteiger partial charge is 0.155 e. The molecule has 39 heavy (non-hydrogen) atoms. The lowest BCUT2D eigenvalue weighted by atomic mass is 9.58. The Kier molecular flexibility index (Phi) is 5.24. The number of benzene rings is 2. The Morgan fingerprint density at radius 2 is 1.13 bits per heavy atom. The standard InChI is InChI=1S/C27H22F9N3/c28-10-1-13(31)22(37)19(34)16(10)25-4-9-5-26(7-25,17-11(29)2-14(32)23(38)20(17)35)27(6-9,8-25)18-12(30)3-15(33)24(39)21(18)36/h1-3,9-10,16H,4-8,37-39H2. The monoisotopic (exact) mass is 559 g/mol. The average molecular weight is 559 g/mol. The van der Waals surface area contributed by atoms with E-state index in [2.05, 4.69) is 0 Å². The Bertz CT molecular complexity index is 1440. The first-order valence-corrected chi connectivity index (χ1v) is 12.2. The van der Waals surface area contributed by atoms with Gasteiger partial charge in [-0.05, 0) is 49.5 Å². The number of hydrogen-bond acceptors (Lipinski definition) is 3. The van der Waals surface area contributed by atoms with Gasteiger partial charge in [-0.1, -0.05) is 0 Å². The molecule has 5 aliphatic rings. The second kappa shape index (κ2) is 7.88. The number of hydrogen-bond donors (Lipinski definition) is 3. The molecule has 2 aromatic rings. The van der Waals surface area contributed by atoms with Crippen molar-refractivity contribution in [2.24, 2.45) is 23.0 Å². The second-order valence-corrected chi connectivity index (χ2v) is 11.4. The van der Waals surface area contributed by atoms with E-state index in [0.29, 0.717) is 18.2 Å². The Labute approximate surface area is 216 Å². The molecule has 2 aromatic carbocycles. The summed E-state index contributed by atoms with van der Waals surface area (Å²) in [6, 6.07) is 0.673. The number of nitrogens with two attached hydrogens (primary N) is 3. The Morgan fingerprint density at radius 3 is 1.59 bits per heavy atom. The van der Waals surface area contributed by atoms with Crippen LogP contribution in [-0.2, 0) is 10.8 Å². The third kappa shape index (κ3) is 3.03. The maximum absolute atomic E-state index is 15.7. The zero-order valence-corrected chi connectivity index (χ0v) is 20.1. The number of rotatable bonds is 3. The summed E-state index contributed by atoms with van der Waals surface area (Å²) in [6.07, 6.45) is -2.75.